The Bertz CT molecular complexity index is 568. The van der Waals surface area contributed by atoms with Crippen LogP contribution in [0.5, 0.6) is 0 Å². The van der Waals surface area contributed by atoms with E-state index in [0.717, 1.165) is 29.5 Å². The third-order valence-electron chi connectivity index (χ3n) is 4.13. The molecule has 0 atom stereocenters. The molecule has 0 N–H and O–H groups in total. The van der Waals surface area contributed by atoms with Gasteiger partial charge < -0.3 is 4.57 Å². The molecule has 2 rings (SSSR count). The van der Waals surface area contributed by atoms with Gasteiger partial charge in [-0.15, -0.1) is 0 Å². The van der Waals surface area contributed by atoms with Crippen molar-refractivity contribution in [1.29, 1.82) is 0 Å². The van der Waals surface area contributed by atoms with Crippen LogP contribution >= 0.6 is 0 Å². The standard InChI is InChI=1S/C18H25NO/c1-3-4-5-6-7-10-13-19-15(2)17(14-20)16-11-8-9-12-18(16)19/h8-9,11-12,14H,3-7,10,13H2,1-2H3. The normalized spacial score (nSPS) is 11.1. The van der Waals surface area contributed by atoms with Crippen LogP contribution < -0.4 is 0 Å². The van der Waals surface area contributed by atoms with E-state index in [1.807, 2.05) is 18.2 Å². The van der Waals surface area contributed by atoms with Crippen LogP contribution in [0.25, 0.3) is 10.9 Å². The Morgan fingerprint density at radius 2 is 1.75 bits per heavy atom. The van der Waals surface area contributed by atoms with E-state index in [1.54, 1.807) is 0 Å². The van der Waals surface area contributed by atoms with Crippen LogP contribution in [0.4, 0.5) is 0 Å². The van der Waals surface area contributed by atoms with Crippen LogP contribution in [-0.4, -0.2) is 10.9 Å². The molecule has 0 amide bonds. The van der Waals surface area contributed by atoms with Crippen molar-refractivity contribution >= 4 is 17.2 Å². The van der Waals surface area contributed by atoms with Gasteiger partial charge in [0.25, 0.3) is 0 Å². The van der Waals surface area contributed by atoms with Gasteiger partial charge in [-0.2, -0.15) is 0 Å². The Morgan fingerprint density at radius 3 is 2.50 bits per heavy atom. The highest BCUT2D eigenvalue weighted by atomic mass is 16.1. The van der Waals surface area contributed by atoms with Gasteiger partial charge in [0.2, 0.25) is 0 Å². The zero-order valence-corrected chi connectivity index (χ0v) is 12.7. The summed E-state index contributed by atoms with van der Waals surface area (Å²) in [5, 5.41) is 1.09. The lowest BCUT2D eigenvalue weighted by Gasteiger charge is -2.08. The van der Waals surface area contributed by atoms with E-state index < -0.39 is 0 Å². The second-order valence-electron chi connectivity index (χ2n) is 5.55. The molecule has 0 saturated carbocycles. The molecule has 0 spiro atoms. The molecule has 0 aliphatic heterocycles. The first-order chi connectivity index (χ1) is 9.79. The Labute approximate surface area is 121 Å². The molecule has 1 heterocycles. The number of rotatable bonds is 8. The minimum Gasteiger partial charge on any atom is -0.344 e. The highest BCUT2D eigenvalue weighted by Crippen LogP contribution is 2.25. The van der Waals surface area contributed by atoms with Crippen molar-refractivity contribution in [3.8, 4) is 0 Å². The molecule has 2 heteroatoms. The van der Waals surface area contributed by atoms with Crippen molar-refractivity contribution in [2.75, 3.05) is 0 Å². The summed E-state index contributed by atoms with van der Waals surface area (Å²) in [5.74, 6) is 0. The molecular formula is C18H25NO. The number of unbranched alkanes of at least 4 members (excludes halogenated alkanes) is 5. The van der Waals surface area contributed by atoms with Crippen molar-refractivity contribution < 1.29 is 4.79 Å². The molecule has 20 heavy (non-hydrogen) atoms. The van der Waals surface area contributed by atoms with Crippen LogP contribution in [-0.2, 0) is 6.54 Å². The summed E-state index contributed by atoms with van der Waals surface area (Å²) in [6, 6.07) is 8.22. The fourth-order valence-corrected chi connectivity index (χ4v) is 2.94. The smallest absolute Gasteiger partial charge is 0.152 e. The number of hydrogen-bond acceptors (Lipinski definition) is 1. The van der Waals surface area contributed by atoms with Gasteiger partial charge in [0.05, 0.1) is 0 Å². The molecule has 0 bridgehead atoms. The van der Waals surface area contributed by atoms with Crippen LogP contribution in [0.2, 0.25) is 0 Å². The summed E-state index contributed by atoms with van der Waals surface area (Å²) in [6.45, 7) is 5.32. The topological polar surface area (TPSA) is 22.0 Å². The SMILES string of the molecule is CCCCCCCCn1c(C)c(C=O)c2ccccc21. The molecule has 1 aromatic carbocycles. The van der Waals surface area contributed by atoms with Crippen LogP contribution in [0.15, 0.2) is 24.3 Å². The summed E-state index contributed by atoms with van der Waals surface area (Å²) in [6.07, 6.45) is 8.79. The molecule has 2 aromatic rings. The van der Waals surface area contributed by atoms with Gasteiger partial charge in [-0.3, -0.25) is 4.79 Å². The lowest BCUT2D eigenvalue weighted by molar-refractivity contribution is 0.112. The van der Waals surface area contributed by atoms with Gasteiger partial charge in [-0.05, 0) is 19.4 Å². The Balaban J connectivity index is 2.06. The van der Waals surface area contributed by atoms with Gasteiger partial charge in [0.15, 0.2) is 6.29 Å². The number of fused-ring (bicyclic) bond motifs is 1. The van der Waals surface area contributed by atoms with Crippen molar-refractivity contribution in [3.05, 3.63) is 35.5 Å². The summed E-state index contributed by atoms with van der Waals surface area (Å²) in [4.78, 5) is 11.3. The second-order valence-corrected chi connectivity index (χ2v) is 5.55. The second kappa shape index (κ2) is 7.28. The molecule has 0 radical (unpaired) electrons. The number of hydrogen-bond donors (Lipinski definition) is 0. The lowest BCUT2D eigenvalue weighted by Crippen LogP contribution is -2.01. The van der Waals surface area contributed by atoms with Crippen LogP contribution in [0.1, 0.15) is 61.5 Å². The number of carbonyl (C=O) groups excluding carboxylic acids is 1. The first-order valence-electron chi connectivity index (χ1n) is 7.82. The van der Waals surface area contributed by atoms with Gasteiger partial charge in [-0.25, -0.2) is 0 Å². The molecule has 0 saturated heterocycles. The third-order valence-corrected chi connectivity index (χ3v) is 4.13. The molecule has 1 aromatic heterocycles. The summed E-state index contributed by atoms with van der Waals surface area (Å²) >= 11 is 0. The van der Waals surface area contributed by atoms with Gasteiger partial charge in [0.1, 0.15) is 0 Å². The van der Waals surface area contributed by atoms with Gasteiger partial charge in [0, 0.05) is 28.7 Å². The van der Waals surface area contributed by atoms with E-state index in [1.165, 1.54) is 44.0 Å². The van der Waals surface area contributed by atoms with Gasteiger partial charge >= 0.3 is 0 Å². The first kappa shape index (κ1) is 14.8. The van der Waals surface area contributed by atoms with Crippen molar-refractivity contribution in [1.82, 2.24) is 4.57 Å². The number of carbonyl (C=O) groups is 1. The Hall–Kier alpha value is -1.57. The Kier molecular flexibility index (Phi) is 5.40. The third kappa shape index (κ3) is 3.12. The quantitative estimate of drug-likeness (QED) is 0.482. The summed E-state index contributed by atoms with van der Waals surface area (Å²) in [5.41, 5.74) is 3.15. The van der Waals surface area contributed by atoms with E-state index in [9.17, 15) is 4.79 Å². The first-order valence-corrected chi connectivity index (χ1v) is 7.82. The number of aryl methyl sites for hydroxylation is 1. The molecular weight excluding hydrogens is 246 g/mol. The Morgan fingerprint density at radius 1 is 1.05 bits per heavy atom. The van der Waals surface area contributed by atoms with E-state index in [0.29, 0.717) is 0 Å². The zero-order valence-electron chi connectivity index (χ0n) is 12.7. The number of nitrogens with zero attached hydrogens (tertiary/aromatic N) is 1. The average molecular weight is 271 g/mol. The number of aldehydes is 1. The fraction of sp³-hybridized carbons (Fsp3) is 0.500. The summed E-state index contributed by atoms with van der Waals surface area (Å²) in [7, 11) is 0. The van der Waals surface area contributed by atoms with E-state index in [2.05, 4.69) is 24.5 Å². The minimum absolute atomic E-state index is 0.853. The zero-order chi connectivity index (χ0) is 14.4. The maximum atomic E-state index is 11.3. The van der Waals surface area contributed by atoms with Crippen molar-refractivity contribution in [3.63, 3.8) is 0 Å². The van der Waals surface area contributed by atoms with E-state index >= 15 is 0 Å². The molecule has 108 valence electrons. The molecule has 0 aliphatic rings. The monoisotopic (exact) mass is 271 g/mol. The largest absolute Gasteiger partial charge is 0.344 e. The van der Waals surface area contributed by atoms with E-state index in [-0.39, 0.29) is 0 Å². The van der Waals surface area contributed by atoms with Crippen molar-refractivity contribution in [2.24, 2.45) is 0 Å². The number of aromatic nitrogens is 1. The number of para-hydroxylation sites is 1. The minimum atomic E-state index is 0.853. The van der Waals surface area contributed by atoms with E-state index in [4.69, 9.17) is 0 Å². The highest BCUT2D eigenvalue weighted by molar-refractivity contribution is 5.99. The van der Waals surface area contributed by atoms with Crippen LogP contribution in [0.3, 0.4) is 0 Å². The fourth-order valence-electron chi connectivity index (χ4n) is 2.94. The molecule has 0 unspecified atom stereocenters. The molecule has 0 fully saturated rings. The maximum Gasteiger partial charge on any atom is 0.152 e. The summed E-state index contributed by atoms with van der Waals surface area (Å²) < 4.78 is 2.30. The predicted molar refractivity (Wildman–Crippen MR) is 85.4 cm³/mol. The lowest BCUT2D eigenvalue weighted by atomic mass is 10.1. The molecule has 0 aliphatic carbocycles. The highest BCUT2D eigenvalue weighted by Gasteiger charge is 2.12. The van der Waals surface area contributed by atoms with Crippen molar-refractivity contribution in [2.45, 2.75) is 58.9 Å². The maximum absolute atomic E-state index is 11.3. The molecule has 2 nitrogen and oxygen atoms in total. The number of benzene rings is 1. The van der Waals surface area contributed by atoms with Gasteiger partial charge in [-0.1, -0.05) is 57.2 Å². The predicted octanol–water partition coefficient (Wildman–Crippen LogP) is 5.12. The van der Waals surface area contributed by atoms with Crippen LogP contribution in [0, 0.1) is 6.92 Å². The average Bonchev–Trinajstić information content (AvgIpc) is 2.74.